The lowest BCUT2D eigenvalue weighted by Crippen LogP contribution is -2.13. The third kappa shape index (κ3) is 1.54. The van der Waals surface area contributed by atoms with Gasteiger partial charge in [-0.05, 0) is 6.07 Å². The van der Waals surface area contributed by atoms with E-state index in [1.807, 2.05) is 0 Å². The molecule has 16 heavy (non-hydrogen) atoms. The summed E-state index contributed by atoms with van der Waals surface area (Å²) in [7, 11) is 1.49. The first kappa shape index (κ1) is 10.9. The van der Waals surface area contributed by atoms with Gasteiger partial charge >= 0.3 is 5.97 Å². The summed E-state index contributed by atoms with van der Waals surface area (Å²) < 4.78 is 10.1. The number of hydrogen-bond donors (Lipinski definition) is 2. The van der Waals surface area contributed by atoms with Gasteiger partial charge in [0.05, 0.1) is 18.8 Å². The smallest absolute Gasteiger partial charge is 0.339 e. The molecule has 2 rings (SSSR count). The third-order valence-corrected chi connectivity index (χ3v) is 2.64. The molecule has 3 N–H and O–H groups in total. The fraction of sp³-hybridized carbons (Fsp3) is 0.364. The van der Waals surface area contributed by atoms with E-state index in [0.717, 1.165) is 0 Å². The van der Waals surface area contributed by atoms with Gasteiger partial charge in [0.25, 0.3) is 0 Å². The number of hydrogen-bond acceptors (Lipinski definition) is 5. The fourth-order valence-corrected chi connectivity index (χ4v) is 1.83. The van der Waals surface area contributed by atoms with Gasteiger partial charge in [-0.15, -0.1) is 0 Å². The van der Waals surface area contributed by atoms with Crippen molar-refractivity contribution in [1.82, 2.24) is 0 Å². The summed E-state index contributed by atoms with van der Waals surface area (Å²) in [5.74, 6) is 0.128. The van der Waals surface area contributed by atoms with Gasteiger partial charge in [0, 0.05) is 17.7 Å². The van der Waals surface area contributed by atoms with Crippen LogP contribution in [0.25, 0.3) is 0 Å². The number of esters is 1. The Hall–Kier alpha value is -1.59. The number of methoxy groups -OCH3 is 1. The van der Waals surface area contributed by atoms with E-state index in [9.17, 15) is 9.90 Å². The van der Waals surface area contributed by atoms with E-state index >= 15 is 0 Å². The first-order valence-corrected chi connectivity index (χ1v) is 4.94. The monoisotopic (exact) mass is 223 g/mol. The minimum absolute atomic E-state index is 0.101. The topological polar surface area (TPSA) is 81.8 Å². The molecule has 0 radical (unpaired) electrons. The van der Waals surface area contributed by atoms with Gasteiger partial charge in [0.15, 0.2) is 0 Å². The van der Waals surface area contributed by atoms with Crippen LogP contribution in [0.2, 0.25) is 0 Å². The third-order valence-electron chi connectivity index (χ3n) is 2.64. The van der Waals surface area contributed by atoms with Crippen molar-refractivity contribution in [3.63, 3.8) is 0 Å². The summed E-state index contributed by atoms with van der Waals surface area (Å²) in [5, 5.41) is 9.71. The van der Waals surface area contributed by atoms with Crippen molar-refractivity contribution in [3.05, 3.63) is 28.8 Å². The maximum Gasteiger partial charge on any atom is 0.339 e. The van der Waals surface area contributed by atoms with E-state index in [1.165, 1.54) is 7.11 Å². The molecule has 0 amide bonds. The molecule has 0 saturated heterocycles. The number of aliphatic hydroxyl groups excluding tert-OH is 1. The van der Waals surface area contributed by atoms with Crippen LogP contribution >= 0.6 is 0 Å². The molecule has 1 heterocycles. The average molecular weight is 223 g/mol. The Bertz CT molecular complexity index is 430. The Morgan fingerprint density at radius 1 is 1.62 bits per heavy atom. The highest BCUT2D eigenvalue weighted by molar-refractivity contribution is 5.94. The molecule has 5 heteroatoms. The van der Waals surface area contributed by atoms with Crippen molar-refractivity contribution < 1.29 is 19.4 Å². The molecule has 1 atom stereocenters. The summed E-state index contributed by atoms with van der Waals surface area (Å²) in [6, 6.07) is 3.27. The highest BCUT2D eigenvalue weighted by atomic mass is 16.5. The molecule has 0 aliphatic carbocycles. The second-order valence-electron chi connectivity index (χ2n) is 3.54. The Morgan fingerprint density at radius 2 is 2.38 bits per heavy atom. The van der Waals surface area contributed by atoms with E-state index in [4.69, 9.17) is 15.2 Å². The molecule has 86 valence electrons. The van der Waals surface area contributed by atoms with Gasteiger partial charge in [-0.3, -0.25) is 0 Å². The van der Waals surface area contributed by atoms with E-state index in [-0.39, 0.29) is 19.1 Å². The van der Waals surface area contributed by atoms with Gasteiger partial charge in [0.1, 0.15) is 12.4 Å². The predicted molar refractivity (Wildman–Crippen MR) is 56.1 cm³/mol. The summed E-state index contributed by atoms with van der Waals surface area (Å²) in [6.45, 7) is 0.284. The number of cyclic esters (lactones) is 1. The number of aliphatic hydroxyl groups is 1. The maximum atomic E-state index is 11.3. The van der Waals surface area contributed by atoms with Gasteiger partial charge in [-0.2, -0.15) is 0 Å². The number of rotatable bonds is 3. The Kier molecular flexibility index (Phi) is 2.80. The van der Waals surface area contributed by atoms with E-state index in [2.05, 4.69) is 0 Å². The van der Waals surface area contributed by atoms with Gasteiger partial charge < -0.3 is 20.3 Å². The van der Waals surface area contributed by atoms with Crippen molar-refractivity contribution in [3.8, 4) is 5.75 Å². The van der Waals surface area contributed by atoms with E-state index in [0.29, 0.717) is 22.4 Å². The van der Waals surface area contributed by atoms with Crippen LogP contribution in [-0.4, -0.2) is 24.7 Å². The van der Waals surface area contributed by atoms with Crippen LogP contribution in [0.15, 0.2) is 12.1 Å². The van der Waals surface area contributed by atoms with Crippen LogP contribution in [0.3, 0.4) is 0 Å². The maximum absolute atomic E-state index is 11.3. The summed E-state index contributed by atoms with van der Waals surface area (Å²) >= 11 is 0. The molecule has 0 aromatic heterocycles. The van der Waals surface area contributed by atoms with Crippen molar-refractivity contribution in [2.45, 2.75) is 12.7 Å². The molecule has 0 fully saturated rings. The molecule has 1 aromatic rings. The minimum atomic E-state index is -0.795. The standard InChI is InChI=1S/C11H13NO4/c1-15-10-7(9(13)4-12)3-2-6-8(10)5-16-11(6)14/h2-3,9,13H,4-5,12H2,1H3. The number of benzene rings is 1. The van der Waals surface area contributed by atoms with Crippen LogP contribution in [0.1, 0.15) is 27.6 Å². The highest BCUT2D eigenvalue weighted by Crippen LogP contribution is 2.35. The summed E-state index contributed by atoms with van der Waals surface area (Å²) in [5.41, 5.74) is 7.15. The number of fused-ring (bicyclic) bond motifs is 1. The number of ether oxygens (including phenoxy) is 2. The van der Waals surface area contributed by atoms with Crippen LogP contribution in [-0.2, 0) is 11.3 Å². The van der Waals surface area contributed by atoms with Gasteiger partial charge in [-0.1, -0.05) is 6.07 Å². The zero-order valence-electron chi connectivity index (χ0n) is 8.90. The van der Waals surface area contributed by atoms with E-state index < -0.39 is 6.10 Å². The number of carbonyl (C=O) groups is 1. The second kappa shape index (κ2) is 4.11. The zero-order valence-corrected chi connectivity index (χ0v) is 8.90. The molecule has 0 spiro atoms. The lowest BCUT2D eigenvalue weighted by Gasteiger charge is -2.15. The molecular weight excluding hydrogens is 210 g/mol. The normalized spacial score (nSPS) is 15.6. The molecule has 0 saturated carbocycles. The first-order valence-electron chi connectivity index (χ1n) is 4.94. The van der Waals surface area contributed by atoms with Crippen molar-refractivity contribution in [2.75, 3.05) is 13.7 Å². The SMILES string of the molecule is COc1c(C(O)CN)ccc2c1COC2=O. The fourth-order valence-electron chi connectivity index (χ4n) is 1.83. The molecule has 1 unspecified atom stereocenters. The van der Waals surface area contributed by atoms with Gasteiger partial charge in [-0.25, -0.2) is 4.79 Å². The second-order valence-corrected chi connectivity index (χ2v) is 3.54. The molecule has 1 aromatic carbocycles. The predicted octanol–water partition coefficient (Wildman–Crippen LogP) is 0.358. The Morgan fingerprint density at radius 3 is 3.00 bits per heavy atom. The van der Waals surface area contributed by atoms with Crippen LogP contribution in [0, 0.1) is 0 Å². The van der Waals surface area contributed by atoms with Crippen LogP contribution < -0.4 is 10.5 Å². The summed E-state index contributed by atoms with van der Waals surface area (Å²) in [4.78, 5) is 11.3. The largest absolute Gasteiger partial charge is 0.496 e. The van der Waals surface area contributed by atoms with Crippen LogP contribution in [0.4, 0.5) is 0 Å². The highest BCUT2D eigenvalue weighted by Gasteiger charge is 2.27. The molecular formula is C11H13NO4. The average Bonchev–Trinajstić information content (AvgIpc) is 2.69. The molecule has 0 bridgehead atoms. The van der Waals surface area contributed by atoms with Crippen LogP contribution in [0.5, 0.6) is 5.75 Å². The molecule has 1 aliphatic rings. The molecule has 5 nitrogen and oxygen atoms in total. The Labute approximate surface area is 92.8 Å². The first-order chi connectivity index (χ1) is 7.69. The zero-order chi connectivity index (χ0) is 11.7. The molecule has 1 aliphatic heterocycles. The van der Waals surface area contributed by atoms with E-state index in [1.54, 1.807) is 12.1 Å². The lowest BCUT2D eigenvalue weighted by atomic mass is 10.0. The van der Waals surface area contributed by atoms with Gasteiger partial charge in [0.2, 0.25) is 0 Å². The quantitative estimate of drug-likeness (QED) is 0.723. The van der Waals surface area contributed by atoms with Crippen molar-refractivity contribution >= 4 is 5.97 Å². The Balaban J connectivity index is 2.54. The minimum Gasteiger partial charge on any atom is -0.496 e. The number of nitrogens with two attached hydrogens (primary N) is 1. The van der Waals surface area contributed by atoms with Crippen molar-refractivity contribution in [1.29, 1.82) is 0 Å². The summed E-state index contributed by atoms with van der Waals surface area (Å²) in [6.07, 6.45) is -0.795. The number of carbonyl (C=O) groups excluding carboxylic acids is 1. The van der Waals surface area contributed by atoms with Crippen molar-refractivity contribution in [2.24, 2.45) is 5.73 Å². The lowest BCUT2D eigenvalue weighted by molar-refractivity contribution is 0.0534.